The molecule has 2 amide bonds. The van der Waals surface area contributed by atoms with E-state index in [0.717, 1.165) is 29.0 Å². The van der Waals surface area contributed by atoms with Gasteiger partial charge in [0.05, 0.1) is 17.0 Å². The third kappa shape index (κ3) is 7.91. The Morgan fingerprint density at radius 2 is 1.76 bits per heavy atom. The molecule has 0 saturated heterocycles. The Bertz CT molecular complexity index is 1060. The summed E-state index contributed by atoms with van der Waals surface area (Å²) < 4.78 is 26.0. The molecule has 2 aromatic carbocycles. The third-order valence-electron chi connectivity index (χ3n) is 5.05. The zero-order valence-corrected chi connectivity index (χ0v) is 21.3. The highest BCUT2D eigenvalue weighted by Gasteiger charge is 2.30. The monoisotopic (exact) mass is 513 g/mol. The van der Waals surface area contributed by atoms with E-state index >= 15 is 0 Å². The number of carbonyl (C=O) groups is 2. The lowest BCUT2D eigenvalue weighted by Gasteiger charge is -2.31. The lowest BCUT2D eigenvalue weighted by atomic mass is 10.1. The number of nitrogens with one attached hydrogen (secondary N) is 1. The number of benzene rings is 2. The molecule has 10 heteroatoms. The molecule has 2 aromatic rings. The van der Waals surface area contributed by atoms with Crippen LogP contribution in [0, 0.1) is 0 Å². The van der Waals surface area contributed by atoms with Crippen LogP contribution in [0.1, 0.15) is 32.3 Å². The van der Waals surface area contributed by atoms with Crippen LogP contribution in [-0.4, -0.2) is 50.5 Å². The summed E-state index contributed by atoms with van der Waals surface area (Å²) in [5, 5.41) is 3.25. The normalized spacial score (nSPS) is 12.2. The van der Waals surface area contributed by atoms with Crippen LogP contribution in [0.15, 0.2) is 48.5 Å². The fourth-order valence-electron chi connectivity index (χ4n) is 3.17. The predicted molar refractivity (Wildman–Crippen MR) is 133 cm³/mol. The summed E-state index contributed by atoms with van der Waals surface area (Å²) in [5.41, 5.74) is 0.908. The van der Waals surface area contributed by atoms with Gasteiger partial charge in [0, 0.05) is 18.1 Å². The summed E-state index contributed by atoms with van der Waals surface area (Å²) in [5.74, 6) is -0.849. The molecule has 7 nitrogen and oxygen atoms in total. The van der Waals surface area contributed by atoms with Gasteiger partial charge in [0.15, 0.2) is 0 Å². The summed E-state index contributed by atoms with van der Waals surface area (Å²) >= 11 is 12.3. The Morgan fingerprint density at radius 3 is 2.36 bits per heavy atom. The van der Waals surface area contributed by atoms with Crippen molar-refractivity contribution in [2.45, 2.75) is 39.3 Å². The van der Waals surface area contributed by atoms with E-state index in [1.165, 1.54) is 23.1 Å². The Morgan fingerprint density at radius 1 is 1.09 bits per heavy atom. The second-order valence-corrected chi connectivity index (χ2v) is 10.4. The van der Waals surface area contributed by atoms with E-state index in [2.05, 4.69) is 5.32 Å². The zero-order valence-electron chi connectivity index (χ0n) is 18.9. The second kappa shape index (κ2) is 12.3. The highest BCUT2D eigenvalue weighted by Crippen LogP contribution is 2.30. The largest absolute Gasteiger partial charge is 0.354 e. The molecule has 2 rings (SSSR count). The summed E-state index contributed by atoms with van der Waals surface area (Å²) in [4.78, 5) is 27.5. The van der Waals surface area contributed by atoms with Crippen LogP contribution in [0.3, 0.4) is 0 Å². The highest BCUT2D eigenvalue weighted by atomic mass is 35.5. The molecule has 0 fully saturated rings. The minimum absolute atomic E-state index is 0.0970. The summed E-state index contributed by atoms with van der Waals surface area (Å²) in [6.45, 7) is 3.75. The summed E-state index contributed by atoms with van der Waals surface area (Å²) in [6.07, 6.45) is 2.73. The smallest absolute Gasteiger partial charge is 0.244 e. The number of halogens is 2. The Balaban J connectivity index is 2.36. The van der Waals surface area contributed by atoms with Gasteiger partial charge in [-0.3, -0.25) is 13.9 Å². The van der Waals surface area contributed by atoms with E-state index in [1.807, 2.05) is 37.3 Å². The molecule has 33 heavy (non-hydrogen) atoms. The highest BCUT2D eigenvalue weighted by molar-refractivity contribution is 7.92. The molecule has 0 radical (unpaired) electrons. The first-order valence-electron chi connectivity index (χ1n) is 10.6. The van der Waals surface area contributed by atoms with E-state index < -0.39 is 28.5 Å². The van der Waals surface area contributed by atoms with Gasteiger partial charge in [-0.25, -0.2) is 8.42 Å². The molecule has 0 aromatic heterocycles. The number of anilines is 1. The van der Waals surface area contributed by atoms with Crippen molar-refractivity contribution in [2.24, 2.45) is 0 Å². The van der Waals surface area contributed by atoms with Crippen LogP contribution in [0.5, 0.6) is 0 Å². The quantitative estimate of drug-likeness (QED) is 0.458. The van der Waals surface area contributed by atoms with Gasteiger partial charge in [-0.1, -0.05) is 66.9 Å². The maximum Gasteiger partial charge on any atom is 0.244 e. The van der Waals surface area contributed by atoms with Crippen molar-refractivity contribution in [3.63, 3.8) is 0 Å². The molecule has 0 aliphatic carbocycles. The van der Waals surface area contributed by atoms with Crippen LogP contribution in [0.25, 0.3) is 0 Å². The maximum atomic E-state index is 13.4. The van der Waals surface area contributed by atoms with Gasteiger partial charge < -0.3 is 10.2 Å². The minimum Gasteiger partial charge on any atom is -0.354 e. The molecule has 0 aliphatic rings. The molecular weight excluding hydrogens is 485 g/mol. The molecule has 0 bridgehead atoms. The van der Waals surface area contributed by atoms with Crippen molar-refractivity contribution in [3.05, 3.63) is 64.1 Å². The Labute approximate surface area is 205 Å². The average Bonchev–Trinajstić information content (AvgIpc) is 2.77. The van der Waals surface area contributed by atoms with Crippen LogP contribution in [0.2, 0.25) is 10.0 Å². The molecule has 0 saturated carbocycles. The van der Waals surface area contributed by atoms with Crippen LogP contribution in [-0.2, 0) is 26.2 Å². The molecule has 1 N–H and O–H groups in total. The first kappa shape index (κ1) is 27.0. The second-order valence-electron chi connectivity index (χ2n) is 7.69. The van der Waals surface area contributed by atoms with E-state index in [1.54, 1.807) is 6.92 Å². The van der Waals surface area contributed by atoms with Crippen molar-refractivity contribution in [3.8, 4) is 0 Å². The van der Waals surface area contributed by atoms with Gasteiger partial charge in [-0.15, -0.1) is 0 Å². The topological polar surface area (TPSA) is 86.8 Å². The number of hydrogen-bond acceptors (Lipinski definition) is 4. The molecule has 0 heterocycles. The lowest BCUT2D eigenvalue weighted by molar-refractivity contribution is -0.139. The molecule has 1 atom stereocenters. The van der Waals surface area contributed by atoms with Gasteiger partial charge in [-0.2, -0.15) is 0 Å². The van der Waals surface area contributed by atoms with E-state index in [9.17, 15) is 18.0 Å². The standard InChI is InChI=1S/C23H29Cl2N3O4S/c1-4-5-13-26-23(30)17(2)27(15-18-9-7-6-8-10-18)22(29)16-28(33(3,31)32)21-14-19(24)11-12-20(21)25/h6-12,14,17H,4-5,13,15-16H2,1-3H3,(H,26,30)/t17-/m0/s1. The number of hydrogen-bond donors (Lipinski definition) is 1. The van der Waals surface area contributed by atoms with Crippen LogP contribution >= 0.6 is 23.2 Å². The third-order valence-corrected chi connectivity index (χ3v) is 6.73. The number of amides is 2. The fraction of sp³-hybridized carbons (Fsp3) is 0.391. The number of sulfonamides is 1. The fourth-order valence-corrected chi connectivity index (χ4v) is 4.46. The molecule has 0 spiro atoms. The number of carbonyl (C=O) groups excluding carboxylic acids is 2. The van der Waals surface area contributed by atoms with Crippen molar-refractivity contribution in [2.75, 3.05) is 23.7 Å². The van der Waals surface area contributed by atoms with Crippen LogP contribution in [0.4, 0.5) is 5.69 Å². The molecule has 0 aliphatic heterocycles. The minimum atomic E-state index is -3.88. The van der Waals surface area contributed by atoms with E-state index in [-0.39, 0.29) is 28.2 Å². The van der Waals surface area contributed by atoms with E-state index in [0.29, 0.717) is 6.54 Å². The lowest BCUT2D eigenvalue weighted by Crippen LogP contribution is -2.51. The Hall–Kier alpha value is -2.29. The molecule has 0 unspecified atom stereocenters. The van der Waals surface area contributed by atoms with Crippen molar-refractivity contribution in [1.29, 1.82) is 0 Å². The number of rotatable bonds is 11. The van der Waals surface area contributed by atoms with Crippen molar-refractivity contribution < 1.29 is 18.0 Å². The van der Waals surface area contributed by atoms with E-state index in [4.69, 9.17) is 23.2 Å². The van der Waals surface area contributed by atoms with Gasteiger partial charge in [0.1, 0.15) is 12.6 Å². The maximum absolute atomic E-state index is 13.4. The average molecular weight is 514 g/mol. The van der Waals surface area contributed by atoms with Crippen molar-refractivity contribution >= 4 is 50.7 Å². The summed E-state index contributed by atoms with van der Waals surface area (Å²) in [7, 11) is -3.88. The first-order chi connectivity index (χ1) is 15.5. The van der Waals surface area contributed by atoms with Gasteiger partial charge >= 0.3 is 0 Å². The first-order valence-corrected chi connectivity index (χ1v) is 13.2. The van der Waals surface area contributed by atoms with Gasteiger partial charge in [0.2, 0.25) is 21.8 Å². The van der Waals surface area contributed by atoms with Gasteiger partial charge in [-0.05, 0) is 37.1 Å². The number of unbranched alkanes of at least 4 members (excludes halogenated alkanes) is 1. The SMILES string of the molecule is CCCCNC(=O)[C@H](C)N(Cc1ccccc1)C(=O)CN(c1cc(Cl)ccc1Cl)S(C)(=O)=O. The molecular formula is C23H29Cl2N3O4S. The Kier molecular flexibility index (Phi) is 10.0. The summed E-state index contributed by atoms with van der Waals surface area (Å²) in [6, 6.07) is 12.8. The number of nitrogens with zero attached hydrogens (tertiary/aromatic N) is 2. The van der Waals surface area contributed by atoms with Crippen LogP contribution < -0.4 is 9.62 Å². The van der Waals surface area contributed by atoms with Crippen molar-refractivity contribution in [1.82, 2.24) is 10.2 Å². The predicted octanol–water partition coefficient (Wildman–Crippen LogP) is 4.09. The molecule has 180 valence electrons. The van der Waals surface area contributed by atoms with Gasteiger partial charge in [0.25, 0.3) is 0 Å². The zero-order chi connectivity index (χ0) is 24.6.